The number of esters is 1. The first kappa shape index (κ1) is 16.7. The number of amides is 2. The minimum Gasteiger partial charge on any atom is -0.481 e. The molecular formula is C15H17FN2O5. The number of benzene rings is 1. The summed E-state index contributed by atoms with van der Waals surface area (Å²) in [5, 5.41) is 11.6. The lowest BCUT2D eigenvalue weighted by Gasteiger charge is -2.21. The summed E-state index contributed by atoms with van der Waals surface area (Å²) in [4.78, 5) is 36.4. The average molecular weight is 324 g/mol. The molecule has 1 aromatic carbocycles. The Balaban J connectivity index is 2.18. The summed E-state index contributed by atoms with van der Waals surface area (Å²) in [6.07, 6.45) is 0.322. The molecule has 1 heterocycles. The topological polar surface area (TPSA) is 95.9 Å². The monoisotopic (exact) mass is 324 g/mol. The largest absolute Gasteiger partial charge is 0.481 e. The van der Waals surface area contributed by atoms with E-state index in [1.165, 1.54) is 17.0 Å². The van der Waals surface area contributed by atoms with E-state index in [0.29, 0.717) is 6.42 Å². The fourth-order valence-corrected chi connectivity index (χ4v) is 2.44. The number of carbonyl (C=O) groups excluding carboxylic acids is 2. The van der Waals surface area contributed by atoms with Crippen molar-refractivity contribution < 1.29 is 28.6 Å². The number of anilines is 1. The van der Waals surface area contributed by atoms with E-state index in [2.05, 4.69) is 10.1 Å². The zero-order chi connectivity index (χ0) is 17.2. The summed E-state index contributed by atoms with van der Waals surface area (Å²) in [5.41, 5.74) is -1.40. The molecule has 23 heavy (non-hydrogen) atoms. The minimum absolute atomic E-state index is 0.0224. The van der Waals surface area contributed by atoms with Crippen LogP contribution in [0.4, 0.5) is 14.9 Å². The maximum absolute atomic E-state index is 13.8. The fourth-order valence-electron chi connectivity index (χ4n) is 2.44. The van der Waals surface area contributed by atoms with Gasteiger partial charge < -0.3 is 20.1 Å². The summed E-state index contributed by atoms with van der Waals surface area (Å²) in [6, 6.07) is 3.22. The Hall–Kier alpha value is -2.64. The predicted molar refractivity (Wildman–Crippen MR) is 78.7 cm³/mol. The van der Waals surface area contributed by atoms with Crippen LogP contribution in [0.2, 0.25) is 0 Å². The van der Waals surface area contributed by atoms with E-state index >= 15 is 0 Å². The van der Waals surface area contributed by atoms with E-state index in [1.54, 1.807) is 6.92 Å². The summed E-state index contributed by atoms with van der Waals surface area (Å²) >= 11 is 0. The first-order valence-electron chi connectivity index (χ1n) is 6.94. The third-order valence-electron chi connectivity index (χ3n) is 3.92. The molecule has 0 aromatic heterocycles. The number of ether oxygens (including phenoxy) is 1. The smallest absolute Gasteiger partial charge is 0.342 e. The van der Waals surface area contributed by atoms with Crippen LogP contribution in [0.25, 0.3) is 0 Å². The molecule has 2 N–H and O–H groups in total. The van der Waals surface area contributed by atoms with Crippen LogP contribution < -0.4 is 5.32 Å². The zero-order valence-electron chi connectivity index (χ0n) is 12.8. The molecule has 2 rings (SSSR count). The van der Waals surface area contributed by atoms with Crippen molar-refractivity contribution in [1.82, 2.24) is 4.90 Å². The minimum atomic E-state index is -1.01. The number of carboxylic acids is 1. The highest BCUT2D eigenvalue weighted by atomic mass is 19.1. The lowest BCUT2D eigenvalue weighted by Crippen LogP contribution is -2.37. The number of carbonyl (C=O) groups is 3. The fraction of sp³-hybridized carbons (Fsp3) is 0.400. The van der Waals surface area contributed by atoms with E-state index in [9.17, 15) is 23.9 Å². The van der Waals surface area contributed by atoms with E-state index in [0.717, 1.165) is 13.2 Å². The average Bonchev–Trinajstić information content (AvgIpc) is 2.91. The molecule has 1 saturated heterocycles. The Bertz CT molecular complexity index is 663. The molecule has 1 aromatic rings. The van der Waals surface area contributed by atoms with Crippen molar-refractivity contribution in [1.29, 1.82) is 0 Å². The van der Waals surface area contributed by atoms with Crippen LogP contribution in [0.5, 0.6) is 0 Å². The maximum atomic E-state index is 13.8. The van der Waals surface area contributed by atoms with Crippen LogP contribution in [0, 0.1) is 11.2 Å². The van der Waals surface area contributed by atoms with Crippen LogP contribution in [0.3, 0.4) is 0 Å². The standard InChI is InChI=1S/C15H17FN2O5/c1-15(13(20)21)6-7-18(8-15)14(22)17-10-5-3-4-9(16)11(10)12(19)23-2/h3-5H,6-8H2,1-2H3,(H,17,22)(H,20,21). The van der Waals surface area contributed by atoms with Gasteiger partial charge in [-0.15, -0.1) is 0 Å². The number of nitrogens with zero attached hydrogens (tertiary/aromatic N) is 1. The summed E-state index contributed by atoms with van der Waals surface area (Å²) < 4.78 is 18.3. The number of nitrogens with one attached hydrogen (secondary N) is 1. The molecule has 7 nitrogen and oxygen atoms in total. The van der Waals surface area contributed by atoms with Gasteiger partial charge in [0.05, 0.1) is 18.2 Å². The Labute approximate surface area is 132 Å². The quantitative estimate of drug-likeness (QED) is 0.828. The Kier molecular flexibility index (Phi) is 4.53. The predicted octanol–water partition coefficient (Wildman–Crippen LogP) is 1.94. The van der Waals surface area contributed by atoms with Gasteiger partial charge in [-0.3, -0.25) is 4.79 Å². The Morgan fingerprint density at radius 1 is 1.39 bits per heavy atom. The van der Waals surface area contributed by atoms with Gasteiger partial charge in [-0.05, 0) is 25.5 Å². The number of halogens is 1. The number of urea groups is 1. The number of carboxylic acid groups (broad SMARTS) is 1. The second-order valence-electron chi connectivity index (χ2n) is 5.62. The number of hydrogen-bond donors (Lipinski definition) is 2. The molecule has 1 atom stereocenters. The van der Waals surface area contributed by atoms with Crippen molar-refractivity contribution >= 4 is 23.7 Å². The van der Waals surface area contributed by atoms with Gasteiger partial charge in [-0.25, -0.2) is 14.0 Å². The van der Waals surface area contributed by atoms with Crippen molar-refractivity contribution in [2.24, 2.45) is 5.41 Å². The number of likely N-dealkylation sites (tertiary alicyclic amines) is 1. The van der Waals surface area contributed by atoms with Crippen LogP contribution in [-0.2, 0) is 9.53 Å². The second kappa shape index (κ2) is 6.23. The molecule has 1 aliphatic rings. The summed E-state index contributed by atoms with van der Waals surface area (Å²) in [6.45, 7) is 1.86. The van der Waals surface area contributed by atoms with E-state index in [1.807, 2.05) is 0 Å². The first-order chi connectivity index (χ1) is 10.8. The van der Waals surface area contributed by atoms with Crippen molar-refractivity contribution in [2.75, 3.05) is 25.5 Å². The number of methoxy groups -OCH3 is 1. The SMILES string of the molecule is COC(=O)c1c(F)cccc1NC(=O)N1CCC(C)(C(=O)O)C1. The van der Waals surface area contributed by atoms with E-state index in [-0.39, 0.29) is 24.3 Å². The molecule has 1 fully saturated rings. The van der Waals surface area contributed by atoms with Crippen LogP contribution in [0.1, 0.15) is 23.7 Å². The second-order valence-corrected chi connectivity index (χ2v) is 5.62. The van der Waals surface area contributed by atoms with Gasteiger partial charge in [-0.1, -0.05) is 6.07 Å². The van der Waals surface area contributed by atoms with Crippen LogP contribution in [0.15, 0.2) is 18.2 Å². The van der Waals surface area contributed by atoms with Gasteiger partial charge in [0.15, 0.2) is 0 Å². The van der Waals surface area contributed by atoms with Crippen molar-refractivity contribution in [2.45, 2.75) is 13.3 Å². The highest BCUT2D eigenvalue weighted by Crippen LogP contribution is 2.30. The molecule has 1 aliphatic heterocycles. The normalized spacial score (nSPS) is 20.2. The molecule has 0 spiro atoms. The Morgan fingerprint density at radius 2 is 2.09 bits per heavy atom. The van der Waals surface area contributed by atoms with Gasteiger partial charge in [0.25, 0.3) is 0 Å². The number of rotatable bonds is 3. The van der Waals surface area contributed by atoms with Gasteiger partial charge in [0.1, 0.15) is 11.4 Å². The van der Waals surface area contributed by atoms with Gasteiger partial charge in [0.2, 0.25) is 0 Å². The van der Waals surface area contributed by atoms with Crippen LogP contribution in [-0.4, -0.2) is 48.2 Å². The highest BCUT2D eigenvalue weighted by molar-refractivity contribution is 6.01. The third-order valence-corrected chi connectivity index (χ3v) is 3.92. The lowest BCUT2D eigenvalue weighted by molar-refractivity contribution is -0.146. The van der Waals surface area contributed by atoms with Crippen LogP contribution >= 0.6 is 0 Å². The molecule has 124 valence electrons. The zero-order valence-corrected chi connectivity index (χ0v) is 12.8. The van der Waals surface area contributed by atoms with Crippen molar-refractivity contribution in [3.63, 3.8) is 0 Å². The molecule has 0 radical (unpaired) electrons. The molecule has 2 amide bonds. The first-order valence-corrected chi connectivity index (χ1v) is 6.94. The summed E-state index contributed by atoms with van der Waals surface area (Å²) in [5.74, 6) is -2.70. The number of aliphatic carboxylic acids is 1. The molecular weight excluding hydrogens is 307 g/mol. The number of hydrogen-bond acceptors (Lipinski definition) is 4. The van der Waals surface area contributed by atoms with Gasteiger partial charge in [-0.2, -0.15) is 0 Å². The van der Waals surface area contributed by atoms with E-state index < -0.39 is 29.2 Å². The maximum Gasteiger partial charge on any atom is 0.342 e. The molecule has 1 unspecified atom stereocenters. The molecule has 0 saturated carbocycles. The van der Waals surface area contributed by atoms with Crippen molar-refractivity contribution in [3.8, 4) is 0 Å². The van der Waals surface area contributed by atoms with E-state index in [4.69, 9.17) is 0 Å². The molecule has 0 bridgehead atoms. The van der Waals surface area contributed by atoms with Gasteiger partial charge >= 0.3 is 18.0 Å². The highest BCUT2D eigenvalue weighted by Gasteiger charge is 2.42. The third kappa shape index (κ3) is 3.25. The van der Waals surface area contributed by atoms with Crippen molar-refractivity contribution in [3.05, 3.63) is 29.6 Å². The molecule has 8 heteroatoms. The summed E-state index contributed by atoms with van der Waals surface area (Å²) in [7, 11) is 1.11. The lowest BCUT2D eigenvalue weighted by atomic mass is 9.90. The molecule has 0 aliphatic carbocycles. The van der Waals surface area contributed by atoms with Gasteiger partial charge in [0, 0.05) is 13.1 Å². The Morgan fingerprint density at radius 3 is 2.65 bits per heavy atom.